The Bertz CT molecular complexity index is 951. The van der Waals surface area contributed by atoms with E-state index in [1.165, 1.54) is 23.5 Å². The molecule has 3 aromatic rings. The second-order valence-electron chi connectivity index (χ2n) is 5.35. The summed E-state index contributed by atoms with van der Waals surface area (Å²) >= 11 is 1.36. The van der Waals surface area contributed by atoms with Gasteiger partial charge >= 0.3 is 0 Å². The van der Waals surface area contributed by atoms with Crippen LogP contribution < -0.4 is 5.32 Å². The van der Waals surface area contributed by atoms with Gasteiger partial charge in [0.15, 0.2) is 5.13 Å². The van der Waals surface area contributed by atoms with Crippen LogP contribution in [0.1, 0.15) is 21.5 Å². The number of rotatable bonds is 3. The zero-order valence-corrected chi connectivity index (χ0v) is 13.3. The minimum Gasteiger partial charge on any atom is -0.298 e. The highest BCUT2D eigenvalue weighted by Crippen LogP contribution is 2.33. The molecule has 4 nitrogen and oxygen atoms in total. The third-order valence-corrected chi connectivity index (χ3v) is 4.47. The summed E-state index contributed by atoms with van der Waals surface area (Å²) < 4.78 is 13.4. The number of halogens is 1. The second kappa shape index (κ2) is 5.98. The van der Waals surface area contributed by atoms with E-state index in [2.05, 4.69) is 15.3 Å². The lowest BCUT2D eigenvalue weighted by Gasteiger charge is -2.05. The Balaban J connectivity index is 1.68. The van der Waals surface area contributed by atoms with E-state index in [0.717, 1.165) is 16.8 Å². The number of carbonyl (C=O) groups excluding carboxylic acids is 1. The van der Waals surface area contributed by atoms with Crippen LogP contribution in [-0.2, 0) is 6.42 Å². The molecule has 2 heterocycles. The van der Waals surface area contributed by atoms with Crippen LogP contribution >= 0.6 is 11.3 Å². The fourth-order valence-corrected chi connectivity index (χ4v) is 3.21. The molecule has 0 bridgehead atoms. The average Bonchev–Trinajstić information content (AvgIpc) is 3.23. The monoisotopic (exact) mass is 337 g/mol. The molecule has 6 heteroatoms. The number of para-hydroxylation sites is 1. The summed E-state index contributed by atoms with van der Waals surface area (Å²) in [4.78, 5) is 21.1. The number of nitrogens with zero attached hydrogens (tertiary/aromatic N) is 2. The molecule has 0 fully saturated rings. The van der Waals surface area contributed by atoms with Gasteiger partial charge in [-0.2, -0.15) is 0 Å². The molecule has 4 rings (SSSR count). The number of benzene rings is 2. The molecule has 24 heavy (non-hydrogen) atoms. The van der Waals surface area contributed by atoms with Crippen LogP contribution in [0.25, 0.3) is 0 Å². The van der Waals surface area contributed by atoms with Gasteiger partial charge in [-0.05, 0) is 29.3 Å². The molecule has 0 aliphatic carbocycles. The average molecular weight is 337 g/mol. The summed E-state index contributed by atoms with van der Waals surface area (Å²) in [7, 11) is 0. The van der Waals surface area contributed by atoms with Gasteiger partial charge in [-0.3, -0.25) is 15.1 Å². The van der Waals surface area contributed by atoms with Gasteiger partial charge in [-0.1, -0.05) is 24.3 Å². The van der Waals surface area contributed by atoms with Gasteiger partial charge in [-0.15, -0.1) is 11.3 Å². The summed E-state index contributed by atoms with van der Waals surface area (Å²) in [6, 6.07) is 11.8. The number of aliphatic imine (C=N–C) groups is 1. The van der Waals surface area contributed by atoms with Crippen molar-refractivity contribution in [2.45, 2.75) is 6.42 Å². The van der Waals surface area contributed by atoms with Crippen LogP contribution in [0.3, 0.4) is 0 Å². The highest BCUT2D eigenvalue weighted by Gasteiger charge is 2.22. The molecule has 0 atom stereocenters. The Morgan fingerprint density at radius 3 is 2.88 bits per heavy atom. The van der Waals surface area contributed by atoms with Crippen LogP contribution in [0.5, 0.6) is 0 Å². The molecular weight excluding hydrogens is 325 g/mol. The summed E-state index contributed by atoms with van der Waals surface area (Å²) in [6.45, 7) is 0. The van der Waals surface area contributed by atoms with E-state index in [-0.39, 0.29) is 11.7 Å². The highest BCUT2D eigenvalue weighted by atomic mass is 32.1. The first-order valence-corrected chi connectivity index (χ1v) is 8.25. The molecule has 1 aliphatic rings. The lowest BCUT2D eigenvalue weighted by Crippen LogP contribution is -2.11. The van der Waals surface area contributed by atoms with E-state index in [9.17, 15) is 9.18 Å². The molecule has 2 aromatic carbocycles. The third kappa shape index (κ3) is 2.72. The van der Waals surface area contributed by atoms with E-state index in [1.807, 2.05) is 18.2 Å². The van der Waals surface area contributed by atoms with Gasteiger partial charge in [0.1, 0.15) is 5.82 Å². The van der Waals surface area contributed by atoms with Crippen molar-refractivity contribution in [1.29, 1.82) is 0 Å². The maximum Gasteiger partial charge on any atom is 0.259 e. The molecule has 0 saturated carbocycles. The highest BCUT2D eigenvalue weighted by molar-refractivity contribution is 7.13. The Morgan fingerprint density at radius 1 is 1.21 bits per heavy atom. The first kappa shape index (κ1) is 14.7. The largest absolute Gasteiger partial charge is 0.298 e. The molecule has 1 aromatic heterocycles. The summed E-state index contributed by atoms with van der Waals surface area (Å²) in [6.07, 6.45) is 2.22. The van der Waals surface area contributed by atoms with Gasteiger partial charge in [0.05, 0.1) is 17.0 Å². The predicted octanol–water partition coefficient (Wildman–Crippen LogP) is 4.21. The minimum atomic E-state index is -0.298. The number of nitrogens with one attached hydrogen (secondary N) is 1. The molecule has 1 amide bonds. The summed E-state index contributed by atoms with van der Waals surface area (Å²) in [5.74, 6) is -0.543. The van der Waals surface area contributed by atoms with E-state index < -0.39 is 0 Å². The standard InChI is InChI=1S/C18H12FN3OS/c19-13-5-1-3-11(9-13)15-10-12-4-2-6-14(16(12)21-15)17(23)22-18-20-7-8-24-18/h1-9H,10H2,(H,20,22,23). The van der Waals surface area contributed by atoms with Crippen molar-refractivity contribution in [2.75, 3.05) is 5.32 Å². The molecule has 1 aliphatic heterocycles. The lowest BCUT2D eigenvalue weighted by molar-refractivity contribution is 0.102. The van der Waals surface area contributed by atoms with Crippen LogP contribution in [0.4, 0.5) is 15.2 Å². The maximum atomic E-state index is 13.4. The van der Waals surface area contributed by atoms with Crippen molar-refractivity contribution >= 4 is 33.8 Å². The Kier molecular flexibility index (Phi) is 3.66. The van der Waals surface area contributed by atoms with Gasteiger partial charge in [0, 0.05) is 18.0 Å². The fourth-order valence-electron chi connectivity index (χ4n) is 2.69. The number of carbonyl (C=O) groups is 1. The molecule has 0 unspecified atom stereocenters. The van der Waals surface area contributed by atoms with Crippen LogP contribution in [0.2, 0.25) is 0 Å². The Labute approximate surface area is 141 Å². The molecule has 1 N–H and O–H groups in total. The number of fused-ring (bicyclic) bond motifs is 1. The number of amides is 1. The number of aromatic nitrogens is 1. The van der Waals surface area contributed by atoms with Crippen molar-refractivity contribution in [1.82, 2.24) is 4.98 Å². The fraction of sp³-hybridized carbons (Fsp3) is 0.0556. The first-order chi connectivity index (χ1) is 11.7. The van der Waals surface area contributed by atoms with Crippen molar-refractivity contribution in [3.05, 3.63) is 76.5 Å². The zero-order chi connectivity index (χ0) is 16.5. The molecular formula is C18H12FN3OS. The minimum absolute atomic E-state index is 0.244. The molecule has 0 radical (unpaired) electrons. The van der Waals surface area contributed by atoms with Crippen molar-refractivity contribution in [3.63, 3.8) is 0 Å². The molecule has 0 spiro atoms. The number of thiazole rings is 1. The molecule has 118 valence electrons. The topological polar surface area (TPSA) is 54.4 Å². The Hall–Kier alpha value is -2.86. The van der Waals surface area contributed by atoms with Crippen LogP contribution in [0, 0.1) is 5.82 Å². The van der Waals surface area contributed by atoms with Gasteiger partial charge in [0.2, 0.25) is 0 Å². The zero-order valence-electron chi connectivity index (χ0n) is 12.5. The number of hydrogen-bond donors (Lipinski definition) is 1. The van der Waals surface area contributed by atoms with Gasteiger partial charge < -0.3 is 0 Å². The van der Waals surface area contributed by atoms with Crippen LogP contribution in [-0.4, -0.2) is 16.6 Å². The van der Waals surface area contributed by atoms with Crippen molar-refractivity contribution < 1.29 is 9.18 Å². The number of anilines is 1. The van der Waals surface area contributed by atoms with E-state index in [1.54, 1.807) is 23.7 Å². The maximum absolute atomic E-state index is 13.4. The molecule has 0 saturated heterocycles. The normalized spacial score (nSPS) is 12.6. The quantitative estimate of drug-likeness (QED) is 0.778. The first-order valence-electron chi connectivity index (χ1n) is 7.37. The smallest absolute Gasteiger partial charge is 0.259 e. The van der Waals surface area contributed by atoms with E-state index in [0.29, 0.717) is 22.8 Å². The van der Waals surface area contributed by atoms with Crippen molar-refractivity contribution in [2.24, 2.45) is 4.99 Å². The summed E-state index contributed by atoms with van der Waals surface area (Å²) in [5.41, 5.74) is 3.59. The second-order valence-corrected chi connectivity index (χ2v) is 6.24. The van der Waals surface area contributed by atoms with Gasteiger partial charge in [0.25, 0.3) is 5.91 Å². The number of hydrogen-bond acceptors (Lipinski definition) is 4. The third-order valence-electron chi connectivity index (χ3n) is 3.78. The summed E-state index contributed by atoms with van der Waals surface area (Å²) in [5, 5.41) is 5.11. The Morgan fingerprint density at radius 2 is 2.08 bits per heavy atom. The van der Waals surface area contributed by atoms with Crippen molar-refractivity contribution in [3.8, 4) is 0 Å². The predicted molar refractivity (Wildman–Crippen MR) is 92.8 cm³/mol. The van der Waals surface area contributed by atoms with Crippen LogP contribution in [0.15, 0.2) is 59.0 Å². The van der Waals surface area contributed by atoms with E-state index in [4.69, 9.17) is 0 Å². The SMILES string of the molecule is O=C(Nc1nccs1)c1cccc2c1N=C(c1cccc(F)c1)C2. The lowest BCUT2D eigenvalue weighted by atomic mass is 10.0. The van der Waals surface area contributed by atoms with Gasteiger partial charge in [-0.25, -0.2) is 9.37 Å². The van der Waals surface area contributed by atoms with E-state index >= 15 is 0 Å².